The van der Waals surface area contributed by atoms with E-state index in [1.165, 1.54) is 11.6 Å². The van der Waals surface area contributed by atoms with E-state index in [-0.39, 0.29) is 5.82 Å². The molecule has 0 saturated carbocycles. The van der Waals surface area contributed by atoms with Crippen LogP contribution in [0.4, 0.5) is 5.82 Å². The van der Waals surface area contributed by atoms with E-state index in [9.17, 15) is 4.79 Å². The van der Waals surface area contributed by atoms with Crippen LogP contribution in [0.15, 0.2) is 33.8 Å². The smallest absolute Gasteiger partial charge is 0.242 e. The van der Waals surface area contributed by atoms with Crippen molar-refractivity contribution in [1.29, 1.82) is 0 Å². The second kappa shape index (κ2) is 4.13. The number of hydrogen-bond acceptors (Lipinski definition) is 4. The highest BCUT2D eigenvalue weighted by Crippen LogP contribution is 2.27. The highest BCUT2D eigenvalue weighted by Gasteiger charge is 2.08. The Morgan fingerprint density at radius 2 is 2.12 bits per heavy atom. The van der Waals surface area contributed by atoms with Gasteiger partial charge in [-0.2, -0.15) is 0 Å². The SMILES string of the molecule is Cc1ccc(-c2cc(N=C=O)no2)c(C)c1. The van der Waals surface area contributed by atoms with Crippen molar-refractivity contribution in [2.45, 2.75) is 13.8 Å². The van der Waals surface area contributed by atoms with Crippen LogP contribution in [0, 0.1) is 13.8 Å². The molecule has 0 aliphatic heterocycles. The molecule has 1 aromatic carbocycles. The molecule has 1 aromatic heterocycles. The summed E-state index contributed by atoms with van der Waals surface area (Å²) in [7, 11) is 0. The van der Waals surface area contributed by atoms with Crippen molar-refractivity contribution < 1.29 is 9.32 Å². The molecule has 0 amide bonds. The van der Waals surface area contributed by atoms with E-state index in [1.54, 1.807) is 6.07 Å². The minimum Gasteiger partial charge on any atom is -0.354 e. The third-order valence-electron chi connectivity index (χ3n) is 2.31. The number of nitrogens with zero attached hydrogens (tertiary/aromatic N) is 2. The van der Waals surface area contributed by atoms with Crippen LogP contribution in [0.3, 0.4) is 0 Å². The van der Waals surface area contributed by atoms with E-state index in [4.69, 9.17) is 4.52 Å². The van der Waals surface area contributed by atoms with Crippen LogP contribution in [0.5, 0.6) is 0 Å². The number of isocyanates is 1. The van der Waals surface area contributed by atoms with Crippen LogP contribution in [0.1, 0.15) is 11.1 Å². The number of aromatic nitrogens is 1. The second-order valence-electron chi connectivity index (χ2n) is 3.57. The number of aliphatic imine (C=N–C) groups is 1. The molecule has 0 saturated heterocycles. The molecule has 0 unspecified atom stereocenters. The highest BCUT2D eigenvalue weighted by molar-refractivity contribution is 5.64. The standard InChI is InChI=1S/C12H10N2O2/c1-8-3-4-10(9(2)5-8)11-6-12(13-7-15)14-16-11/h3-6H,1-2H3. The lowest BCUT2D eigenvalue weighted by molar-refractivity contribution is 0.434. The van der Waals surface area contributed by atoms with E-state index < -0.39 is 0 Å². The van der Waals surface area contributed by atoms with E-state index in [2.05, 4.69) is 16.2 Å². The van der Waals surface area contributed by atoms with Gasteiger partial charge in [0.15, 0.2) is 5.76 Å². The first kappa shape index (κ1) is 10.3. The van der Waals surface area contributed by atoms with Crippen molar-refractivity contribution in [2.24, 2.45) is 4.99 Å². The van der Waals surface area contributed by atoms with Gasteiger partial charge in [-0.05, 0) is 19.4 Å². The summed E-state index contributed by atoms with van der Waals surface area (Å²) in [5.74, 6) is 0.844. The molecule has 4 heteroatoms. The van der Waals surface area contributed by atoms with Crippen molar-refractivity contribution in [2.75, 3.05) is 0 Å². The molecule has 0 fully saturated rings. The Bertz CT molecular complexity index is 566. The van der Waals surface area contributed by atoms with Gasteiger partial charge in [-0.15, -0.1) is 4.99 Å². The van der Waals surface area contributed by atoms with Gasteiger partial charge < -0.3 is 4.52 Å². The van der Waals surface area contributed by atoms with Gasteiger partial charge in [-0.25, -0.2) is 4.79 Å². The third-order valence-corrected chi connectivity index (χ3v) is 2.31. The number of benzene rings is 1. The van der Waals surface area contributed by atoms with Crippen LogP contribution < -0.4 is 0 Å². The van der Waals surface area contributed by atoms with Gasteiger partial charge in [0, 0.05) is 11.6 Å². The number of rotatable bonds is 2. The van der Waals surface area contributed by atoms with Crippen molar-refractivity contribution >= 4 is 11.9 Å². The van der Waals surface area contributed by atoms with Crippen LogP contribution in [0.25, 0.3) is 11.3 Å². The molecule has 4 nitrogen and oxygen atoms in total. The molecular weight excluding hydrogens is 204 g/mol. The van der Waals surface area contributed by atoms with E-state index in [1.807, 2.05) is 26.0 Å². The number of carbonyl (C=O) groups excluding carboxylic acids is 1. The molecule has 2 aromatic rings. The maximum atomic E-state index is 10.1. The van der Waals surface area contributed by atoms with Gasteiger partial charge in [-0.1, -0.05) is 28.9 Å². The predicted octanol–water partition coefficient (Wildman–Crippen LogP) is 2.93. The highest BCUT2D eigenvalue weighted by atomic mass is 16.5. The van der Waals surface area contributed by atoms with Crippen LogP contribution in [-0.2, 0) is 4.79 Å². The average molecular weight is 214 g/mol. The largest absolute Gasteiger partial charge is 0.354 e. The molecule has 16 heavy (non-hydrogen) atoms. The minimum absolute atomic E-state index is 0.241. The molecular formula is C12H10N2O2. The lowest BCUT2D eigenvalue weighted by Crippen LogP contribution is -1.82. The first-order valence-electron chi connectivity index (χ1n) is 4.83. The number of aryl methyl sites for hydroxylation is 2. The summed E-state index contributed by atoms with van der Waals surface area (Å²) < 4.78 is 5.10. The fraction of sp³-hybridized carbons (Fsp3) is 0.167. The summed E-state index contributed by atoms with van der Waals surface area (Å²) in [6.07, 6.45) is 1.43. The first-order valence-corrected chi connectivity index (χ1v) is 4.83. The van der Waals surface area contributed by atoms with Gasteiger partial charge in [0.25, 0.3) is 0 Å². The Morgan fingerprint density at radius 3 is 2.81 bits per heavy atom. The molecule has 1 heterocycles. The van der Waals surface area contributed by atoms with Crippen LogP contribution in [-0.4, -0.2) is 11.2 Å². The maximum absolute atomic E-state index is 10.1. The fourth-order valence-electron chi connectivity index (χ4n) is 1.58. The van der Waals surface area contributed by atoms with Crippen molar-refractivity contribution in [1.82, 2.24) is 5.16 Å². The molecule has 0 bridgehead atoms. The van der Waals surface area contributed by atoms with Crippen LogP contribution >= 0.6 is 0 Å². The molecule has 80 valence electrons. The van der Waals surface area contributed by atoms with Crippen molar-refractivity contribution in [3.63, 3.8) is 0 Å². The van der Waals surface area contributed by atoms with Gasteiger partial charge in [0.2, 0.25) is 11.9 Å². The monoisotopic (exact) mass is 214 g/mol. The zero-order chi connectivity index (χ0) is 11.5. The zero-order valence-corrected chi connectivity index (χ0v) is 9.02. The summed E-state index contributed by atoms with van der Waals surface area (Å²) in [5.41, 5.74) is 3.23. The topological polar surface area (TPSA) is 55.5 Å². The molecule has 2 rings (SSSR count). The molecule has 0 aliphatic carbocycles. The molecule has 0 spiro atoms. The fourth-order valence-corrected chi connectivity index (χ4v) is 1.58. The normalized spacial score (nSPS) is 9.88. The molecule has 0 atom stereocenters. The quantitative estimate of drug-likeness (QED) is 0.570. The summed E-state index contributed by atoms with van der Waals surface area (Å²) in [4.78, 5) is 13.4. The minimum atomic E-state index is 0.241. The zero-order valence-electron chi connectivity index (χ0n) is 9.02. The number of hydrogen-bond donors (Lipinski definition) is 0. The maximum Gasteiger partial charge on any atom is 0.242 e. The third kappa shape index (κ3) is 1.92. The van der Waals surface area contributed by atoms with Gasteiger partial charge in [0.1, 0.15) is 0 Å². The first-order chi connectivity index (χ1) is 7.70. The Hall–Kier alpha value is -2.19. The summed E-state index contributed by atoms with van der Waals surface area (Å²) in [5, 5.41) is 3.64. The Labute approximate surface area is 92.6 Å². The van der Waals surface area contributed by atoms with Crippen molar-refractivity contribution in [3.05, 3.63) is 35.4 Å². The van der Waals surface area contributed by atoms with E-state index in [0.717, 1.165) is 11.1 Å². The Balaban J connectivity index is 2.46. The summed E-state index contributed by atoms with van der Waals surface area (Å²) in [6.45, 7) is 4.02. The lowest BCUT2D eigenvalue weighted by Gasteiger charge is -2.01. The predicted molar refractivity (Wildman–Crippen MR) is 59.2 cm³/mol. The van der Waals surface area contributed by atoms with Gasteiger partial charge >= 0.3 is 0 Å². The Morgan fingerprint density at radius 1 is 1.31 bits per heavy atom. The molecule has 0 aliphatic rings. The molecule has 0 radical (unpaired) electrons. The second-order valence-corrected chi connectivity index (χ2v) is 3.57. The summed E-state index contributed by atoms with van der Waals surface area (Å²) >= 11 is 0. The average Bonchev–Trinajstić information content (AvgIpc) is 2.67. The molecule has 0 N–H and O–H groups in total. The Kier molecular flexibility index (Phi) is 2.66. The van der Waals surface area contributed by atoms with Crippen molar-refractivity contribution in [3.8, 4) is 11.3 Å². The lowest BCUT2D eigenvalue weighted by atomic mass is 10.0. The van der Waals surface area contributed by atoms with Crippen LogP contribution in [0.2, 0.25) is 0 Å². The van der Waals surface area contributed by atoms with Gasteiger partial charge in [-0.3, -0.25) is 0 Å². The van der Waals surface area contributed by atoms with Gasteiger partial charge in [0.05, 0.1) is 0 Å². The van der Waals surface area contributed by atoms with E-state index in [0.29, 0.717) is 5.76 Å². The van der Waals surface area contributed by atoms with E-state index >= 15 is 0 Å². The summed E-state index contributed by atoms with van der Waals surface area (Å²) in [6, 6.07) is 7.62.